The maximum atomic E-state index is 12.5. The third-order valence-corrected chi connectivity index (χ3v) is 3.75. The monoisotopic (exact) mass is 259 g/mol. The summed E-state index contributed by atoms with van der Waals surface area (Å²) < 4.78 is 1.83. The fourth-order valence-electron chi connectivity index (χ4n) is 2.59. The van der Waals surface area contributed by atoms with Gasteiger partial charge in [-0.25, -0.2) is 9.97 Å². The molecule has 6 nitrogen and oxygen atoms in total. The molecule has 19 heavy (non-hydrogen) atoms. The summed E-state index contributed by atoms with van der Waals surface area (Å²) in [4.78, 5) is 22.7. The van der Waals surface area contributed by atoms with Crippen molar-refractivity contribution in [3.8, 4) is 0 Å². The van der Waals surface area contributed by atoms with Crippen molar-refractivity contribution in [2.24, 2.45) is 12.8 Å². The van der Waals surface area contributed by atoms with Crippen molar-refractivity contribution in [1.29, 1.82) is 0 Å². The van der Waals surface area contributed by atoms with Gasteiger partial charge in [-0.3, -0.25) is 4.79 Å². The lowest BCUT2D eigenvalue weighted by molar-refractivity contribution is 0.0782. The second kappa shape index (κ2) is 4.31. The molecule has 1 fully saturated rings. The molecule has 0 radical (unpaired) electrons. The Balaban J connectivity index is 2.03. The Morgan fingerprint density at radius 1 is 1.47 bits per heavy atom. The van der Waals surface area contributed by atoms with Gasteiger partial charge in [-0.15, -0.1) is 0 Å². The van der Waals surface area contributed by atoms with Crippen LogP contribution in [0.2, 0.25) is 0 Å². The highest BCUT2D eigenvalue weighted by Crippen LogP contribution is 2.21. The zero-order chi connectivity index (χ0) is 13.6. The number of amides is 1. The van der Waals surface area contributed by atoms with Crippen molar-refractivity contribution >= 4 is 16.9 Å². The van der Waals surface area contributed by atoms with E-state index in [9.17, 15) is 4.79 Å². The standard InChI is InChI=1S/C13H17N5O/c1-8-10-5-11(17(2)12(10)16-7-15-8)13(19)18-4-3-9(14)6-18/h5,7,9H,3-4,6,14H2,1-2H3. The number of aryl methyl sites for hydroxylation is 2. The number of carbonyl (C=O) groups excluding carboxylic acids is 1. The van der Waals surface area contributed by atoms with Crippen LogP contribution >= 0.6 is 0 Å². The van der Waals surface area contributed by atoms with Crippen LogP contribution < -0.4 is 5.73 Å². The summed E-state index contributed by atoms with van der Waals surface area (Å²) in [7, 11) is 1.86. The van der Waals surface area contributed by atoms with Crippen LogP contribution in [-0.4, -0.2) is 44.5 Å². The zero-order valence-corrected chi connectivity index (χ0v) is 11.1. The van der Waals surface area contributed by atoms with Gasteiger partial charge in [0.05, 0.1) is 5.69 Å². The molecule has 6 heteroatoms. The van der Waals surface area contributed by atoms with E-state index in [0.717, 1.165) is 29.7 Å². The minimum atomic E-state index is 0.0212. The number of carbonyl (C=O) groups is 1. The van der Waals surface area contributed by atoms with Gasteiger partial charge in [0, 0.05) is 31.6 Å². The molecule has 1 atom stereocenters. The summed E-state index contributed by atoms with van der Waals surface area (Å²) in [6.45, 7) is 3.28. The number of nitrogens with two attached hydrogens (primary N) is 1. The van der Waals surface area contributed by atoms with Crippen molar-refractivity contribution < 1.29 is 4.79 Å². The summed E-state index contributed by atoms with van der Waals surface area (Å²) in [5, 5.41) is 0.928. The Morgan fingerprint density at radius 2 is 2.26 bits per heavy atom. The van der Waals surface area contributed by atoms with Gasteiger partial charge in [0.1, 0.15) is 17.7 Å². The molecule has 100 valence electrons. The smallest absolute Gasteiger partial charge is 0.270 e. The first kappa shape index (κ1) is 12.1. The quantitative estimate of drug-likeness (QED) is 0.806. The molecular weight excluding hydrogens is 242 g/mol. The maximum absolute atomic E-state index is 12.5. The highest BCUT2D eigenvalue weighted by molar-refractivity contribution is 5.98. The van der Waals surface area contributed by atoms with Crippen LogP contribution in [0.3, 0.4) is 0 Å². The lowest BCUT2D eigenvalue weighted by atomic mass is 10.3. The van der Waals surface area contributed by atoms with Crippen LogP contribution in [0, 0.1) is 6.92 Å². The maximum Gasteiger partial charge on any atom is 0.270 e. The molecule has 1 aliphatic rings. The van der Waals surface area contributed by atoms with Crippen LogP contribution in [0.4, 0.5) is 0 Å². The van der Waals surface area contributed by atoms with Gasteiger partial charge in [-0.05, 0) is 19.4 Å². The molecule has 1 unspecified atom stereocenters. The number of nitrogens with zero attached hydrogens (tertiary/aromatic N) is 4. The molecule has 1 aliphatic heterocycles. The van der Waals surface area contributed by atoms with Crippen LogP contribution in [0.25, 0.3) is 11.0 Å². The average Bonchev–Trinajstić information content (AvgIpc) is 2.95. The predicted octanol–water partition coefficient (Wildman–Crippen LogP) is 0.450. The highest BCUT2D eigenvalue weighted by atomic mass is 16.2. The number of rotatable bonds is 1. The summed E-state index contributed by atoms with van der Waals surface area (Å²) in [6.07, 6.45) is 2.40. The van der Waals surface area contributed by atoms with Crippen molar-refractivity contribution in [2.45, 2.75) is 19.4 Å². The second-order valence-electron chi connectivity index (χ2n) is 5.08. The summed E-state index contributed by atoms with van der Waals surface area (Å²) >= 11 is 0. The molecule has 0 aromatic carbocycles. The number of hydrogen-bond acceptors (Lipinski definition) is 4. The van der Waals surface area contributed by atoms with Crippen LogP contribution in [0.1, 0.15) is 22.6 Å². The topological polar surface area (TPSA) is 77.0 Å². The molecule has 0 aliphatic carbocycles. The van der Waals surface area contributed by atoms with Gasteiger partial charge >= 0.3 is 0 Å². The fraction of sp³-hybridized carbons (Fsp3) is 0.462. The Hall–Kier alpha value is -1.95. The number of fused-ring (bicyclic) bond motifs is 1. The molecule has 3 rings (SSSR count). The van der Waals surface area contributed by atoms with E-state index in [1.54, 1.807) is 0 Å². The SMILES string of the molecule is Cc1ncnc2c1cc(C(=O)N1CCC(N)C1)n2C. The van der Waals surface area contributed by atoms with E-state index in [1.165, 1.54) is 6.33 Å². The average molecular weight is 259 g/mol. The van der Waals surface area contributed by atoms with E-state index >= 15 is 0 Å². The van der Waals surface area contributed by atoms with Crippen molar-refractivity contribution in [3.05, 3.63) is 23.8 Å². The van der Waals surface area contributed by atoms with Gasteiger partial charge in [0.15, 0.2) is 0 Å². The van der Waals surface area contributed by atoms with Gasteiger partial charge in [-0.2, -0.15) is 0 Å². The van der Waals surface area contributed by atoms with E-state index in [0.29, 0.717) is 12.2 Å². The van der Waals surface area contributed by atoms with Crippen molar-refractivity contribution in [1.82, 2.24) is 19.4 Å². The molecule has 2 aromatic heterocycles. The third kappa shape index (κ3) is 1.88. The van der Waals surface area contributed by atoms with Crippen molar-refractivity contribution in [2.75, 3.05) is 13.1 Å². The largest absolute Gasteiger partial charge is 0.336 e. The van der Waals surface area contributed by atoms with E-state index in [4.69, 9.17) is 5.73 Å². The number of hydrogen-bond donors (Lipinski definition) is 1. The minimum absolute atomic E-state index is 0.0212. The van der Waals surface area contributed by atoms with E-state index in [2.05, 4.69) is 9.97 Å². The van der Waals surface area contributed by atoms with Crippen LogP contribution in [0.5, 0.6) is 0 Å². The van der Waals surface area contributed by atoms with Gasteiger partial charge in [0.25, 0.3) is 5.91 Å². The Morgan fingerprint density at radius 3 is 2.89 bits per heavy atom. The summed E-state index contributed by atoms with van der Waals surface area (Å²) in [5.74, 6) is 0.0212. The Kier molecular flexibility index (Phi) is 2.74. The van der Waals surface area contributed by atoms with E-state index in [1.807, 2.05) is 29.5 Å². The first-order chi connectivity index (χ1) is 9.08. The molecule has 0 spiro atoms. The summed E-state index contributed by atoms with van der Waals surface area (Å²) in [5.41, 5.74) is 8.18. The number of aromatic nitrogens is 3. The van der Waals surface area contributed by atoms with Crippen molar-refractivity contribution in [3.63, 3.8) is 0 Å². The first-order valence-electron chi connectivity index (χ1n) is 6.40. The lowest BCUT2D eigenvalue weighted by Gasteiger charge is -2.15. The Bertz CT molecular complexity index is 648. The molecule has 3 heterocycles. The zero-order valence-electron chi connectivity index (χ0n) is 11.1. The van der Waals surface area contributed by atoms with Crippen LogP contribution in [-0.2, 0) is 7.05 Å². The number of likely N-dealkylation sites (tertiary alicyclic amines) is 1. The molecular formula is C13H17N5O. The molecule has 2 aromatic rings. The molecule has 0 bridgehead atoms. The molecule has 1 amide bonds. The van der Waals surface area contributed by atoms with Gasteiger partial charge in [0.2, 0.25) is 0 Å². The normalized spacial score (nSPS) is 19.3. The minimum Gasteiger partial charge on any atom is -0.336 e. The fourth-order valence-corrected chi connectivity index (χ4v) is 2.59. The lowest BCUT2D eigenvalue weighted by Crippen LogP contribution is -2.32. The Labute approximate surface area is 111 Å². The van der Waals surface area contributed by atoms with E-state index < -0.39 is 0 Å². The third-order valence-electron chi connectivity index (χ3n) is 3.75. The molecule has 0 saturated carbocycles. The summed E-state index contributed by atoms with van der Waals surface area (Å²) in [6, 6.07) is 1.97. The second-order valence-corrected chi connectivity index (χ2v) is 5.08. The molecule has 2 N–H and O–H groups in total. The van der Waals surface area contributed by atoms with E-state index in [-0.39, 0.29) is 11.9 Å². The predicted molar refractivity (Wildman–Crippen MR) is 71.7 cm³/mol. The van der Waals surface area contributed by atoms with Gasteiger partial charge < -0.3 is 15.2 Å². The molecule has 1 saturated heterocycles. The first-order valence-corrected chi connectivity index (χ1v) is 6.40. The van der Waals surface area contributed by atoms with Gasteiger partial charge in [-0.1, -0.05) is 0 Å². The highest BCUT2D eigenvalue weighted by Gasteiger charge is 2.27. The van der Waals surface area contributed by atoms with Crippen LogP contribution in [0.15, 0.2) is 12.4 Å².